The molecule has 0 aromatic rings. The lowest BCUT2D eigenvalue weighted by molar-refractivity contribution is 0.0635. The highest BCUT2D eigenvalue weighted by molar-refractivity contribution is 4.60. The molecule has 0 rings (SSSR count). The Morgan fingerprint density at radius 2 is 2.08 bits per heavy atom. The first-order valence-corrected chi connectivity index (χ1v) is 4.19. The minimum Gasteiger partial charge on any atom is -0.396 e. The predicted molar refractivity (Wildman–Crippen MR) is 47.0 cm³/mol. The van der Waals surface area contributed by atoms with E-state index in [2.05, 4.69) is 5.32 Å². The molecule has 0 aromatic carbocycles. The lowest BCUT2D eigenvalue weighted by atomic mass is 10.2. The van der Waals surface area contributed by atoms with E-state index in [4.69, 9.17) is 9.84 Å². The fourth-order valence-corrected chi connectivity index (χ4v) is 0.812. The highest BCUT2D eigenvalue weighted by Crippen LogP contribution is 1.89. The summed E-state index contributed by atoms with van der Waals surface area (Å²) >= 11 is 0. The Labute approximate surface area is 73.5 Å². The van der Waals surface area contributed by atoms with Crippen LogP contribution in [-0.4, -0.2) is 49.7 Å². The van der Waals surface area contributed by atoms with Crippen molar-refractivity contribution in [2.75, 3.05) is 33.4 Å². The maximum absolute atomic E-state index is 9.18. The molecule has 0 aliphatic heterocycles. The van der Waals surface area contributed by atoms with Gasteiger partial charge in [-0.3, -0.25) is 0 Å². The van der Waals surface area contributed by atoms with Crippen LogP contribution in [0, 0.1) is 5.92 Å². The second-order valence-electron chi connectivity index (χ2n) is 3.06. The molecular formula is C8H19NO3. The van der Waals surface area contributed by atoms with Crippen LogP contribution in [0.1, 0.15) is 6.92 Å². The van der Waals surface area contributed by atoms with Crippen molar-refractivity contribution in [2.24, 2.45) is 5.92 Å². The molecule has 12 heavy (non-hydrogen) atoms. The molecule has 0 fully saturated rings. The van der Waals surface area contributed by atoms with E-state index in [1.165, 1.54) is 0 Å². The Balaban J connectivity index is 3.18. The van der Waals surface area contributed by atoms with E-state index in [1.807, 2.05) is 6.92 Å². The van der Waals surface area contributed by atoms with Gasteiger partial charge in [-0.1, -0.05) is 6.92 Å². The topological polar surface area (TPSA) is 61.7 Å². The van der Waals surface area contributed by atoms with Crippen LogP contribution in [0.4, 0.5) is 0 Å². The quantitative estimate of drug-likeness (QED) is 0.477. The standard InChI is InChI=1S/C8H19NO3/c1-7(5-10)3-9-4-8(11)6-12-2/h7-11H,3-6H2,1-2H3. The van der Waals surface area contributed by atoms with Crippen LogP contribution in [0.15, 0.2) is 0 Å². The molecule has 0 aliphatic rings. The molecule has 2 atom stereocenters. The molecule has 0 radical (unpaired) electrons. The summed E-state index contributed by atoms with van der Waals surface area (Å²) in [5, 5.41) is 20.9. The summed E-state index contributed by atoms with van der Waals surface area (Å²) in [6.07, 6.45) is -0.458. The Kier molecular flexibility index (Phi) is 7.39. The smallest absolute Gasteiger partial charge is 0.0897 e. The van der Waals surface area contributed by atoms with Crippen molar-refractivity contribution in [3.05, 3.63) is 0 Å². The van der Waals surface area contributed by atoms with E-state index in [0.717, 1.165) is 6.54 Å². The van der Waals surface area contributed by atoms with Crippen LogP contribution in [0.3, 0.4) is 0 Å². The third kappa shape index (κ3) is 6.54. The first kappa shape index (κ1) is 11.8. The highest BCUT2D eigenvalue weighted by Gasteiger charge is 2.03. The van der Waals surface area contributed by atoms with E-state index < -0.39 is 6.10 Å². The molecule has 0 heterocycles. The molecule has 0 spiro atoms. The average Bonchev–Trinajstić information content (AvgIpc) is 2.04. The number of methoxy groups -OCH3 is 1. The molecule has 2 unspecified atom stereocenters. The van der Waals surface area contributed by atoms with Gasteiger partial charge in [0.15, 0.2) is 0 Å². The number of rotatable bonds is 7. The average molecular weight is 177 g/mol. The van der Waals surface area contributed by atoms with Crippen molar-refractivity contribution in [1.82, 2.24) is 5.32 Å². The minimum absolute atomic E-state index is 0.174. The number of aliphatic hydroxyl groups excluding tert-OH is 2. The maximum Gasteiger partial charge on any atom is 0.0897 e. The molecule has 74 valence electrons. The minimum atomic E-state index is -0.458. The summed E-state index contributed by atoms with van der Waals surface area (Å²) in [5.74, 6) is 0.236. The molecular weight excluding hydrogens is 158 g/mol. The third-order valence-corrected chi connectivity index (χ3v) is 1.54. The van der Waals surface area contributed by atoms with Crippen LogP contribution < -0.4 is 5.32 Å². The molecule has 0 aromatic heterocycles. The third-order valence-electron chi connectivity index (χ3n) is 1.54. The van der Waals surface area contributed by atoms with Gasteiger partial charge in [-0.05, 0) is 12.5 Å². The van der Waals surface area contributed by atoms with E-state index in [0.29, 0.717) is 13.2 Å². The van der Waals surface area contributed by atoms with Crippen LogP contribution in [0.2, 0.25) is 0 Å². The molecule has 0 bridgehead atoms. The van der Waals surface area contributed by atoms with Gasteiger partial charge in [0.2, 0.25) is 0 Å². The zero-order valence-corrected chi connectivity index (χ0v) is 7.79. The molecule has 0 saturated carbocycles. The maximum atomic E-state index is 9.18. The first-order valence-electron chi connectivity index (χ1n) is 4.19. The number of nitrogens with one attached hydrogen (secondary N) is 1. The van der Waals surface area contributed by atoms with Crippen LogP contribution in [-0.2, 0) is 4.74 Å². The van der Waals surface area contributed by atoms with Crippen molar-refractivity contribution < 1.29 is 14.9 Å². The Morgan fingerprint density at radius 1 is 1.42 bits per heavy atom. The molecule has 3 N–H and O–H groups in total. The fraction of sp³-hybridized carbons (Fsp3) is 1.00. The Morgan fingerprint density at radius 3 is 2.58 bits per heavy atom. The van der Waals surface area contributed by atoms with E-state index in [9.17, 15) is 5.11 Å². The van der Waals surface area contributed by atoms with Crippen molar-refractivity contribution >= 4 is 0 Å². The zero-order chi connectivity index (χ0) is 9.40. The van der Waals surface area contributed by atoms with Crippen molar-refractivity contribution in [2.45, 2.75) is 13.0 Å². The van der Waals surface area contributed by atoms with E-state index >= 15 is 0 Å². The zero-order valence-electron chi connectivity index (χ0n) is 7.79. The van der Waals surface area contributed by atoms with Gasteiger partial charge in [0, 0.05) is 20.3 Å². The SMILES string of the molecule is COCC(O)CNCC(C)CO. The van der Waals surface area contributed by atoms with Crippen molar-refractivity contribution in [1.29, 1.82) is 0 Å². The van der Waals surface area contributed by atoms with Gasteiger partial charge >= 0.3 is 0 Å². The summed E-state index contributed by atoms with van der Waals surface area (Å²) in [5.41, 5.74) is 0. The monoisotopic (exact) mass is 177 g/mol. The molecule has 0 saturated heterocycles. The van der Waals surface area contributed by atoms with Crippen molar-refractivity contribution in [3.63, 3.8) is 0 Å². The molecule has 0 aliphatic carbocycles. The molecule has 0 amide bonds. The second-order valence-corrected chi connectivity index (χ2v) is 3.06. The van der Waals surface area contributed by atoms with E-state index in [1.54, 1.807) is 7.11 Å². The van der Waals surface area contributed by atoms with Crippen LogP contribution >= 0.6 is 0 Å². The second kappa shape index (κ2) is 7.49. The summed E-state index contributed by atoms with van der Waals surface area (Å²) < 4.78 is 4.75. The largest absolute Gasteiger partial charge is 0.396 e. The number of ether oxygens (including phenoxy) is 1. The summed E-state index contributed by atoms with van der Waals surface area (Å²) in [7, 11) is 1.56. The van der Waals surface area contributed by atoms with Gasteiger partial charge in [-0.15, -0.1) is 0 Å². The number of aliphatic hydroxyl groups is 2. The first-order chi connectivity index (χ1) is 5.70. The molecule has 4 nitrogen and oxygen atoms in total. The van der Waals surface area contributed by atoms with Gasteiger partial charge in [0.05, 0.1) is 12.7 Å². The van der Waals surface area contributed by atoms with Gasteiger partial charge in [-0.2, -0.15) is 0 Å². The normalized spacial score (nSPS) is 16.0. The highest BCUT2D eigenvalue weighted by atomic mass is 16.5. The Hall–Kier alpha value is -0.160. The van der Waals surface area contributed by atoms with E-state index in [-0.39, 0.29) is 12.5 Å². The van der Waals surface area contributed by atoms with Gasteiger partial charge in [0.1, 0.15) is 0 Å². The lowest BCUT2D eigenvalue weighted by Gasteiger charge is -2.12. The molecule has 4 heteroatoms. The number of hydrogen-bond acceptors (Lipinski definition) is 4. The summed E-state index contributed by atoms with van der Waals surface area (Å²) in [6.45, 7) is 3.69. The predicted octanol–water partition coefficient (Wildman–Crippen LogP) is -0.788. The Bertz CT molecular complexity index is 100. The number of hydrogen-bond donors (Lipinski definition) is 3. The van der Waals surface area contributed by atoms with Gasteiger partial charge in [0.25, 0.3) is 0 Å². The summed E-state index contributed by atoms with van der Waals surface area (Å²) in [4.78, 5) is 0. The summed E-state index contributed by atoms with van der Waals surface area (Å²) in [6, 6.07) is 0. The van der Waals surface area contributed by atoms with Gasteiger partial charge in [-0.25, -0.2) is 0 Å². The fourth-order valence-electron chi connectivity index (χ4n) is 0.812. The lowest BCUT2D eigenvalue weighted by Crippen LogP contribution is -2.33. The van der Waals surface area contributed by atoms with Crippen molar-refractivity contribution in [3.8, 4) is 0 Å². The van der Waals surface area contributed by atoms with Crippen LogP contribution in [0.25, 0.3) is 0 Å². The van der Waals surface area contributed by atoms with Gasteiger partial charge < -0.3 is 20.3 Å². The van der Waals surface area contributed by atoms with Crippen LogP contribution in [0.5, 0.6) is 0 Å².